The van der Waals surface area contributed by atoms with Crippen molar-refractivity contribution >= 4 is 0 Å². The summed E-state index contributed by atoms with van der Waals surface area (Å²) in [4.78, 5) is 11.7. The fourth-order valence-corrected chi connectivity index (χ4v) is 3.48. The molecule has 3 heterocycles. The Bertz CT molecular complexity index is 917. The molecule has 0 amide bonds. The van der Waals surface area contributed by atoms with Crippen LogP contribution in [0.3, 0.4) is 0 Å². The van der Waals surface area contributed by atoms with Crippen molar-refractivity contribution in [3.8, 4) is 17.0 Å². The van der Waals surface area contributed by atoms with Crippen molar-refractivity contribution in [2.75, 3.05) is 13.7 Å². The molecule has 0 fully saturated rings. The number of methoxy groups -OCH3 is 1. The lowest BCUT2D eigenvalue weighted by Gasteiger charge is -2.28. The minimum atomic E-state index is 0.367. The zero-order valence-corrected chi connectivity index (χ0v) is 16.1. The van der Waals surface area contributed by atoms with Crippen molar-refractivity contribution in [2.45, 2.75) is 39.3 Å². The van der Waals surface area contributed by atoms with E-state index >= 15 is 0 Å². The number of nitrogens with one attached hydrogen (secondary N) is 1. The maximum Gasteiger partial charge on any atom is 0.131 e. The van der Waals surface area contributed by atoms with E-state index in [1.54, 1.807) is 7.11 Å². The summed E-state index contributed by atoms with van der Waals surface area (Å²) in [7, 11) is 1.68. The highest BCUT2D eigenvalue weighted by Gasteiger charge is 2.20. The van der Waals surface area contributed by atoms with Gasteiger partial charge in [0.1, 0.15) is 11.6 Å². The molecule has 140 valence electrons. The topological polar surface area (TPSA) is 66.9 Å². The average Bonchev–Trinajstić information content (AvgIpc) is 3.15. The molecule has 0 saturated heterocycles. The zero-order chi connectivity index (χ0) is 18.8. The number of hydrogen-bond acceptors (Lipinski definition) is 5. The molecule has 6 nitrogen and oxygen atoms in total. The molecule has 1 N–H and O–H groups in total. The van der Waals surface area contributed by atoms with Gasteiger partial charge < -0.3 is 4.74 Å². The van der Waals surface area contributed by atoms with Gasteiger partial charge in [-0.2, -0.15) is 5.10 Å². The number of rotatable bonds is 5. The fourth-order valence-electron chi connectivity index (χ4n) is 3.48. The van der Waals surface area contributed by atoms with Crippen LogP contribution in [-0.2, 0) is 19.5 Å². The number of fused-ring (bicyclic) bond motifs is 1. The Labute approximate surface area is 159 Å². The minimum absolute atomic E-state index is 0.367. The maximum atomic E-state index is 5.25. The minimum Gasteiger partial charge on any atom is -0.497 e. The van der Waals surface area contributed by atoms with Crippen LogP contribution in [0.15, 0.2) is 36.7 Å². The molecule has 6 heteroatoms. The van der Waals surface area contributed by atoms with E-state index in [4.69, 9.17) is 9.72 Å². The van der Waals surface area contributed by atoms with Gasteiger partial charge in [0.05, 0.1) is 19.0 Å². The first-order valence-electron chi connectivity index (χ1n) is 9.37. The van der Waals surface area contributed by atoms with Crippen LogP contribution in [0.1, 0.15) is 42.4 Å². The molecular formula is C21H25N5O. The van der Waals surface area contributed by atoms with Crippen LogP contribution in [0.25, 0.3) is 11.3 Å². The van der Waals surface area contributed by atoms with E-state index < -0.39 is 0 Å². The molecule has 1 aliphatic heterocycles. The second-order valence-corrected chi connectivity index (χ2v) is 7.31. The predicted octanol–water partition coefficient (Wildman–Crippen LogP) is 3.56. The third kappa shape index (κ3) is 3.71. The van der Waals surface area contributed by atoms with Gasteiger partial charge in [0.25, 0.3) is 0 Å². The molecular weight excluding hydrogens is 338 g/mol. The molecule has 4 rings (SSSR count). The molecule has 0 bridgehead atoms. The van der Waals surface area contributed by atoms with Crippen LogP contribution >= 0.6 is 0 Å². The van der Waals surface area contributed by atoms with Gasteiger partial charge in [-0.1, -0.05) is 13.8 Å². The predicted molar refractivity (Wildman–Crippen MR) is 105 cm³/mol. The first-order chi connectivity index (χ1) is 13.1. The molecule has 0 spiro atoms. The highest BCUT2D eigenvalue weighted by Crippen LogP contribution is 2.26. The summed E-state index contributed by atoms with van der Waals surface area (Å²) in [5.74, 6) is 2.17. The summed E-state index contributed by atoms with van der Waals surface area (Å²) in [5.41, 5.74) is 5.82. The SMILES string of the molecule is COc1ccc(-c2[nH]ncc2CN2CCc3nc(C(C)C)ncc3C2)cc1. The van der Waals surface area contributed by atoms with Gasteiger partial charge in [-0.05, 0) is 24.3 Å². The third-order valence-corrected chi connectivity index (χ3v) is 5.04. The highest BCUT2D eigenvalue weighted by atomic mass is 16.5. The van der Waals surface area contributed by atoms with Crippen LogP contribution in [0.4, 0.5) is 0 Å². The average molecular weight is 363 g/mol. The normalized spacial score (nSPS) is 14.4. The number of nitrogens with zero attached hydrogens (tertiary/aromatic N) is 4. The zero-order valence-electron chi connectivity index (χ0n) is 16.1. The first-order valence-corrected chi connectivity index (χ1v) is 9.37. The first kappa shape index (κ1) is 17.7. The van der Waals surface area contributed by atoms with E-state index in [1.165, 1.54) is 16.8 Å². The molecule has 0 radical (unpaired) electrons. The number of hydrogen-bond donors (Lipinski definition) is 1. The molecule has 0 atom stereocenters. The van der Waals surface area contributed by atoms with Crippen molar-refractivity contribution in [2.24, 2.45) is 0 Å². The van der Waals surface area contributed by atoms with Gasteiger partial charge in [0, 0.05) is 60.6 Å². The number of ether oxygens (including phenoxy) is 1. The summed E-state index contributed by atoms with van der Waals surface area (Å²) in [6.07, 6.45) is 4.89. The van der Waals surface area contributed by atoms with Gasteiger partial charge >= 0.3 is 0 Å². The smallest absolute Gasteiger partial charge is 0.131 e. The second kappa shape index (κ2) is 7.48. The number of aromatic amines is 1. The van der Waals surface area contributed by atoms with Crippen molar-refractivity contribution in [1.82, 2.24) is 25.1 Å². The van der Waals surface area contributed by atoms with E-state index in [0.717, 1.165) is 48.9 Å². The molecule has 27 heavy (non-hydrogen) atoms. The van der Waals surface area contributed by atoms with Gasteiger partial charge in [0.2, 0.25) is 0 Å². The third-order valence-electron chi connectivity index (χ3n) is 5.04. The summed E-state index contributed by atoms with van der Waals surface area (Å²) in [6.45, 7) is 6.99. The highest BCUT2D eigenvalue weighted by molar-refractivity contribution is 5.63. The van der Waals surface area contributed by atoms with E-state index in [2.05, 4.69) is 46.1 Å². The standard InChI is InChI=1S/C21H25N5O/c1-14(2)21-22-10-16-12-26(9-8-19(16)24-21)13-17-11-23-25-20(17)15-4-6-18(27-3)7-5-15/h4-7,10-11,14H,8-9,12-13H2,1-3H3,(H,23,25). The molecule has 0 saturated carbocycles. The Hall–Kier alpha value is -2.73. The van der Waals surface area contributed by atoms with E-state index in [1.807, 2.05) is 24.5 Å². The molecule has 1 aliphatic rings. The van der Waals surface area contributed by atoms with Crippen LogP contribution in [0.2, 0.25) is 0 Å². The van der Waals surface area contributed by atoms with Crippen molar-refractivity contribution in [3.63, 3.8) is 0 Å². The Kier molecular flexibility index (Phi) is 4.90. The van der Waals surface area contributed by atoms with Gasteiger partial charge in [-0.15, -0.1) is 0 Å². The Morgan fingerprint density at radius 2 is 2.00 bits per heavy atom. The van der Waals surface area contributed by atoms with Crippen molar-refractivity contribution in [3.05, 3.63) is 59.3 Å². The fraction of sp³-hybridized carbons (Fsp3) is 0.381. The molecule has 0 aliphatic carbocycles. The quantitative estimate of drug-likeness (QED) is 0.751. The number of aromatic nitrogens is 4. The van der Waals surface area contributed by atoms with Crippen LogP contribution in [0.5, 0.6) is 5.75 Å². The lowest BCUT2D eigenvalue weighted by Crippen LogP contribution is -2.31. The lowest BCUT2D eigenvalue weighted by atomic mass is 10.0. The summed E-state index contributed by atoms with van der Waals surface area (Å²) in [6, 6.07) is 8.06. The Morgan fingerprint density at radius 1 is 1.19 bits per heavy atom. The number of H-pyrrole nitrogens is 1. The van der Waals surface area contributed by atoms with Gasteiger partial charge in [0.15, 0.2) is 0 Å². The number of benzene rings is 1. The van der Waals surface area contributed by atoms with E-state index in [-0.39, 0.29) is 0 Å². The van der Waals surface area contributed by atoms with Crippen molar-refractivity contribution < 1.29 is 4.74 Å². The largest absolute Gasteiger partial charge is 0.497 e. The lowest BCUT2D eigenvalue weighted by molar-refractivity contribution is 0.243. The summed E-state index contributed by atoms with van der Waals surface area (Å²) in [5, 5.41) is 7.42. The van der Waals surface area contributed by atoms with E-state index in [9.17, 15) is 0 Å². The monoisotopic (exact) mass is 363 g/mol. The Morgan fingerprint density at radius 3 is 2.74 bits per heavy atom. The van der Waals surface area contributed by atoms with Crippen LogP contribution < -0.4 is 4.74 Å². The maximum absolute atomic E-state index is 5.25. The molecule has 1 aromatic carbocycles. The molecule has 3 aromatic rings. The summed E-state index contributed by atoms with van der Waals surface area (Å²) >= 11 is 0. The Balaban J connectivity index is 1.50. The molecule has 2 aromatic heterocycles. The van der Waals surface area contributed by atoms with Gasteiger partial charge in [-0.3, -0.25) is 10.00 Å². The van der Waals surface area contributed by atoms with Crippen LogP contribution in [-0.4, -0.2) is 38.7 Å². The summed E-state index contributed by atoms with van der Waals surface area (Å²) < 4.78 is 5.25. The second-order valence-electron chi connectivity index (χ2n) is 7.31. The van der Waals surface area contributed by atoms with Gasteiger partial charge in [-0.25, -0.2) is 9.97 Å². The van der Waals surface area contributed by atoms with Crippen LogP contribution in [0, 0.1) is 0 Å². The van der Waals surface area contributed by atoms with Crippen molar-refractivity contribution in [1.29, 1.82) is 0 Å². The van der Waals surface area contributed by atoms with E-state index in [0.29, 0.717) is 5.92 Å². The molecule has 0 unspecified atom stereocenters.